The maximum absolute atomic E-state index is 12.3. The van der Waals surface area contributed by atoms with Crippen molar-refractivity contribution in [1.29, 1.82) is 0 Å². The molecule has 0 spiro atoms. The Morgan fingerprint density at radius 2 is 2.06 bits per heavy atom. The fourth-order valence-electron chi connectivity index (χ4n) is 3.99. The largest absolute Gasteiger partial charge is 1.00 e. The molecule has 4 N–H and O–H groups in total. The van der Waals surface area contributed by atoms with Crippen LogP contribution in [0.5, 0.6) is 0 Å². The van der Waals surface area contributed by atoms with E-state index in [1.165, 1.54) is 21.6 Å². The van der Waals surface area contributed by atoms with Crippen LogP contribution in [0.4, 0.5) is 4.79 Å². The van der Waals surface area contributed by atoms with Crippen molar-refractivity contribution >= 4 is 69.2 Å². The van der Waals surface area contributed by atoms with Crippen LogP contribution < -0.4 is 50.6 Å². The number of hydrogen-bond acceptors (Lipinski definition) is 13. The van der Waals surface area contributed by atoms with Crippen molar-refractivity contribution < 1.29 is 68.5 Å². The Labute approximate surface area is 241 Å². The Bertz CT molecular complexity index is 757. The Kier molecular flexibility index (Phi) is 14.5. The number of fused-ring (bicyclic) bond motifs is 1. The summed E-state index contributed by atoms with van der Waals surface area (Å²) in [4.78, 5) is 48.0. The molecule has 192 valence electrons. The van der Waals surface area contributed by atoms with Gasteiger partial charge in [0, 0.05) is 41.1 Å². The average Bonchev–Trinajstić information content (AvgIpc) is 3.43. The van der Waals surface area contributed by atoms with E-state index >= 15 is 0 Å². The second kappa shape index (κ2) is 16.2. The standard InChI is InChI=1S/C18H28N4O8S4.Na/c23-14-7-13(34-30-29-28)16(24)22(14)11(17(25)26)9-33-32-6-5-19-4-2-1-3-12-15-10(8-31-12)20-18(27)21-15;/h10-13,15,19,28H,1-9H2,(H,25,26)(H2,20,21,27);/q;+1/p-1/t10-,11?,12?,13?,15-;/m0./s1. The topological polar surface area (TPSA) is 169 Å². The number of rotatable bonds is 16. The SMILES string of the molecule is O=C1N[C@H]2CSC(CCCCNCCSSCC(C(=O)[O-])N3C(=O)CC(SOOO)C3=O)[C@H]2N1.[Na+]. The zero-order chi connectivity index (χ0) is 24.5. The molecule has 3 saturated heterocycles. The molecule has 3 aliphatic heterocycles. The predicted octanol–water partition coefficient (Wildman–Crippen LogP) is -3.39. The molecule has 3 heterocycles. The summed E-state index contributed by atoms with van der Waals surface area (Å²) >= 11 is 2.36. The quantitative estimate of drug-likeness (QED) is 0.0209. The molecule has 0 aromatic rings. The molecule has 0 aromatic heterocycles. The summed E-state index contributed by atoms with van der Waals surface area (Å²) in [6.45, 7) is 1.62. The van der Waals surface area contributed by atoms with Crippen LogP contribution in [0.3, 0.4) is 0 Å². The fraction of sp³-hybridized carbons (Fsp3) is 0.778. The van der Waals surface area contributed by atoms with Gasteiger partial charge in [-0.2, -0.15) is 11.8 Å². The summed E-state index contributed by atoms with van der Waals surface area (Å²) in [5, 5.41) is 31.9. The van der Waals surface area contributed by atoms with Gasteiger partial charge >= 0.3 is 35.6 Å². The van der Waals surface area contributed by atoms with Crippen LogP contribution in [0.25, 0.3) is 0 Å². The fourth-order valence-corrected chi connectivity index (χ4v) is 8.20. The number of unbranched alkanes of at least 4 members (excludes halogenated alkanes) is 1. The summed E-state index contributed by atoms with van der Waals surface area (Å²) in [5.41, 5.74) is 0. The normalized spacial score (nSPS) is 26.3. The van der Waals surface area contributed by atoms with Crippen LogP contribution in [0, 0.1) is 0 Å². The van der Waals surface area contributed by atoms with Crippen molar-refractivity contribution in [2.45, 2.75) is 54.3 Å². The van der Waals surface area contributed by atoms with Crippen molar-refractivity contribution in [2.75, 3.05) is 30.3 Å². The van der Waals surface area contributed by atoms with Crippen LogP contribution in [0.15, 0.2) is 0 Å². The number of aliphatic carboxylic acids is 1. The van der Waals surface area contributed by atoms with Crippen LogP contribution in [0.2, 0.25) is 0 Å². The first-order valence-electron chi connectivity index (χ1n) is 10.8. The van der Waals surface area contributed by atoms with E-state index in [4.69, 9.17) is 5.26 Å². The molecule has 3 fully saturated rings. The minimum atomic E-state index is -1.50. The van der Waals surface area contributed by atoms with E-state index in [2.05, 4.69) is 25.3 Å². The minimum Gasteiger partial charge on any atom is -0.548 e. The molecule has 0 aliphatic carbocycles. The second-order valence-electron chi connectivity index (χ2n) is 7.84. The third-order valence-electron chi connectivity index (χ3n) is 5.61. The molecule has 12 nitrogen and oxygen atoms in total. The average molecular weight is 579 g/mol. The monoisotopic (exact) mass is 578 g/mol. The maximum Gasteiger partial charge on any atom is 1.00 e. The number of nitrogens with zero attached hydrogens (tertiary/aromatic N) is 1. The number of thioether (sulfide) groups is 1. The Hall–Kier alpha value is 0.120. The summed E-state index contributed by atoms with van der Waals surface area (Å²) < 4.78 is 4.21. The van der Waals surface area contributed by atoms with Crippen molar-refractivity contribution in [3.8, 4) is 0 Å². The molecule has 0 saturated carbocycles. The van der Waals surface area contributed by atoms with Gasteiger partial charge in [-0.25, -0.2) is 10.1 Å². The van der Waals surface area contributed by atoms with Gasteiger partial charge in [-0.3, -0.25) is 14.5 Å². The summed E-state index contributed by atoms with van der Waals surface area (Å²) in [6.07, 6.45) is 2.93. The number of carbonyl (C=O) groups is 4. The molecular formula is C18H27N4NaO8S4. The van der Waals surface area contributed by atoms with Gasteiger partial charge in [0.25, 0.3) is 0 Å². The molecular weight excluding hydrogens is 551 g/mol. The van der Waals surface area contributed by atoms with Crippen LogP contribution in [-0.4, -0.2) is 92.9 Å². The first-order chi connectivity index (χ1) is 16.4. The number of hydrogen-bond donors (Lipinski definition) is 4. The minimum absolute atomic E-state index is 0. The molecule has 3 unspecified atom stereocenters. The number of carboxylic acids is 1. The molecule has 17 heteroatoms. The van der Waals surface area contributed by atoms with E-state index in [0.717, 1.165) is 43.9 Å². The number of urea groups is 1. The summed E-state index contributed by atoms with van der Waals surface area (Å²) in [5.74, 6) is -1.15. The van der Waals surface area contributed by atoms with Crippen molar-refractivity contribution in [2.24, 2.45) is 0 Å². The van der Waals surface area contributed by atoms with Crippen molar-refractivity contribution in [3.63, 3.8) is 0 Å². The van der Waals surface area contributed by atoms with Crippen LogP contribution in [-0.2, 0) is 23.8 Å². The molecule has 35 heavy (non-hydrogen) atoms. The van der Waals surface area contributed by atoms with Gasteiger partial charge in [-0.1, -0.05) is 33.0 Å². The Morgan fingerprint density at radius 1 is 1.26 bits per heavy atom. The predicted molar refractivity (Wildman–Crippen MR) is 129 cm³/mol. The van der Waals surface area contributed by atoms with Gasteiger partial charge in [0.05, 0.1) is 30.5 Å². The molecule has 4 amide bonds. The zero-order valence-electron chi connectivity index (χ0n) is 19.1. The first kappa shape index (κ1) is 31.3. The van der Waals surface area contributed by atoms with Crippen LogP contribution >= 0.6 is 45.4 Å². The smallest absolute Gasteiger partial charge is 0.548 e. The van der Waals surface area contributed by atoms with E-state index in [0.29, 0.717) is 22.2 Å². The molecule has 0 radical (unpaired) electrons. The van der Waals surface area contributed by atoms with Crippen molar-refractivity contribution in [1.82, 2.24) is 20.9 Å². The Morgan fingerprint density at radius 3 is 2.80 bits per heavy atom. The van der Waals surface area contributed by atoms with E-state index in [1.807, 2.05) is 11.8 Å². The second-order valence-corrected chi connectivity index (χ2v) is 12.6. The van der Waals surface area contributed by atoms with Gasteiger partial charge in [-0.15, -0.1) is 4.33 Å². The Balaban J connectivity index is 0.00000432. The number of carboxylic acid groups (broad SMARTS) is 1. The zero-order valence-corrected chi connectivity index (χ0v) is 24.4. The van der Waals surface area contributed by atoms with E-state index in [9.17, 15) is 24.3 Å². The number of likely N-dealkylation sites (tertiary alicyclic amines) is 1. The summed E-state index contributed by atoms with van der Waals surface area (Å²) in [7, 11) is 2.71. The number of nitrogens with one attached hydrogen (secondary N) is 3. The molecule has 5 atom stereocenters. The van der Waals surface area contributed by atoms with E-state index < -0.39 is 29.1 Å². The first-order valence-corrected chi connectivity index (χ1v) is 15.1. The van der Waals surface area contributed by atoms with Crippen molar-refractivity contribution in [3.05, 3.63) is 0 Å². The van der Waals surface area contributed by atoms with Gasteiger partial charge in [-0.05, 0) is 19.4 Å². The molecule has 3 aliphatic rings. The molecule has 0 bridgehead atoms. The third-order valence-corrected chi connectivity index (χ3v) is 10.3. The maximum atomic E-state index is 12.3. The van der Waals surface area contributed by atoms with Gasteiger partial charge < -0.3 is 25.9 Å². The van der Waals surface area contributed by atoms with E-state index in [1.54, 1.807) is 0 Å². The van der Waals surface area contributed by atoms with E-state index in [-0.39, 0.29) is 59.8 Å². The molecule has 3 rings (SSSR count). The number of imide groups is 1. The third kappa shape index (κ3) is 9.12. The van der Waals surface area contributed by atoms with Crippen LogP contribution in [0.1, 0.15) is 25.7 Å². The van der Waals surface area contributed by atoms with Gasteiger partial charge in [0.1, 0.15) is 5.25 Å². The number of carbonyl (C=O) groups excluding carboxylic acids is 4. The number of amides is 4. The van der Waals surface area contributed by atoms with Gasteiger partial charge in [0.2, 0.25) is 11.8 Å². The van der Waals surface area contributed by atoms with Gasteiger partial charge in [0.15, 0.2) is 0 Å². The molecule has 0 aromatic carbocycles. The summed E-state index contributed by atoms with van der Waals surface area (Å²) in [6, 6.07) is -0.946.